The first-order valence-corrected chi connectivity index (χ1v) is 11.7. The van der Waals surface area contributed by atoms with E-state index in [4.69, 9.17) is 0 Å². The zero-order valence-electron chi connectivity index (χ0n) is 18.5. The first kappa shape index (κ1) is 22.7. The second kappa shape index (κ2) is 9.00. The third-order valence-corrected chi connectivity index (χ3v) is 7.41. The minimum Gasteiger partial charge on any atom is -0.354 e. The number of hydrogen-bond acceptors (Lipinski definition) is 4. The molecule has 0 aromatic heterocycles. The van der Waals surface area contributed by atoms with Crippen LogP contribution >= 0.6 is 11.8 Å². The van der Waals surface area contributed by atoms with Gasteiger partial charge in [0.2, 0.25) is 11.8 Å². The molecule has 1 aromatic rings. The molecule has 0 bridgehead atoms. The highest BCUT2D eigenvalue weighted by atomic mass is 32.2. The third kappa shape index (κ3) is 4.22. The van der Waals surface area contributed by atoms with Crippen LogP contribution in [0.5, 0.6) is 0 Å². The lowest BCUT2D eigenvalue weighted by Crippen LogP contribution is -2.58. The standard InChI is InChI=1S/C23H33N3O3S/c1-6-7-10-13-24-19(27)17(14(2)3)25-20(28)18-23(4,5)30-22-16-12-9-8-11-15(16)21(29)26(18)22/h8-9,11-12,14,17-18,22H,6-7,10,13H2,1-5H3,(H,24,27)(H,25,28)/t17-,18+,22+/m0/s1. The lowest BCUT2D eigenvalue weighted by Gasteiger charge is -2.32. The zero-order chi connectivity index (χ0) is 22.1. The Balaban J connectivity index is 1.76. The van der Waals surface area contributed by atoms with Crippen molar-refractivity contribution in [2.45, 2.75) is 76.1 Å². The molecule has 0 spiro atoms. The summed E-state index contributed by atoms with van der Waals surface area (Å²) in [6.07, 6.45) is 3.07. The first-order chi connectivity index (χ1) is 14.2. The van der Waals surface area contributed by atoms with Crippen molar-refractivity contribution < 1.29 is 14.4 Å². The molecular formula is C23H33N3O3S. The van der Waals surface area contributed by atoms with Crippen LogP contribution in [-0.2, 0) is 9.59 Å². The monoisotopic (exact) mass is 431 g/mol. The van der Waals surface area contributed by atoms with Crippen molar-refractivity contribution in [3.8, 4) is 0 Å². The Morgan fingerprint density at radius 2 is 1.90 bits per heavy atom. The van der Waals surface area contributed by atoms with Gasteiger partial charge in [-0.15, -0.1) is 11.8 Å². The maximum absolute atomic E-state index is 13.4. The number of amides is 3. The van der Waals surface area contributed by atoms with E-state index in [1.807, 2.05) is 52.0 Å². The molecule has 0 unspecified atom stereocenters. The summed E-state index contributed by atoms with van der Waals surface area (Å²) in [5, 5.41) is 5.74. The highest BCUT2D eigenvalue weighted by molar-refractivity contribution is 8.01. The number of nitrogens with one attached hydrogen (secondary N) is 2. The van der Waals surface area contributed by atoms with Crippen LogP contribution in [0.3, 0.4) is 0 Å². The summed E-state index contributed by atoms with van der Waals surface area (Å²) in [7, 11) is 0. The lowest BCUT2D eigenvalue weighted by molar-refractivity contribution is -0.132. The quantitative estimate of drug-likeness (QED) is 0.618. The molecule has 6 nitrogen and oxygen atoms in total. The maximum Gasteiger partial charge on any atom is 0.256 e. The number of carbonyl (C=O) groups is 3. The minimum atomic E-state index is -0.637. The van der Waals surface area contributed by atoms with E-state index < -0.39 is 16.8 Å². The summed E-state index contributed by atoms with van der Waals surface area (Å²) in [6.45, 7) is 10.6. The summed E-state index contributed by atoms with van der Waals surface area (Å²) < 4.78 is -0.461. The van der Waals surface area contributed by atoms with Gasteiger partial charge < -0.3 is 15.5 Å². The number of unbranched alkanes of at least 4 members (excludes halogenated alkanes) is 2. The molecule has 0 aliphatic carbocycles. The molecular weight excluding hydrogens is 398 g/mol. The number of hydrogen-bond donors (Lipinski definition) is 2. The molecule has 164 valence electrons. The fourth-order valence-corrected chi connectivity index (χ4v) is 5.86. The van der Waals surface area contributed by atoms with Crippen LogP contribution in [0, 0.1) is 5.92 Å². The fourth-order valence-electron chi connectivity index (χ4n) is 4.27. The Morgan fingerprint density at radius 1 is 1.20 bits per heavy atom. The molecule has 2 aliphatic rings. The van der Waals surface area contributed by atoms with E-state index in [0.717, 1.165) is 24.8 Å². The second-order valence-corrected chi connectivity index (χ2v) is 10.7. The van der Waals surface area contributed by atoms with Gasteiger partial charge in [0.1, 0.15) is 17.5 Å². The van der Waals surface area contributed by atoms with Crippen LogP contribution in [0.15, 0.2) is 24.3 Å². The van der Waals surface area contributed by atoms with Crippen molar-refractivity contribution in [3.05, 3.63) is 35.4 Å². The molecule has 3 rings (SSSR count). The van der Waals surface area contributed by atoms with E-state index in [0.29, 0.717) is 12.1 Å². The van der Waals surface area contributed by atoms with Gasteiger partial charge in [-0.2, -0.15) is 0 Å². The predicted molar refractivity (Wildman–Crippen MR) is 120 cm³/mol. The van der Waals surface area contributed by atoms with Gasteiger partial charge in [-0.25, -0.2) is 0 Å². The summed E-state index contributed by atoms with van der Waals surface area (Å²) in [4.78, 5) is 40.9. The second-order valence-electron chi connectivity index (χ2n) is 9.00. The molecule has 1 fully saturated rings. The van der Waals surface area contributed by atoms with Gasteiger partial charge in [0, 0.05) is 16.9 Å². The summed E-state index contributed by atoms with van der Waals surface area (Å²) >= 11 is 1.63. The van der Waals surface area contributed by atoms with Crippen molar-refractivity contribution in [1.82, 2.24) is 15.5 Å². The molecule has 2 heterocycles. The van der Waals surface area contributed by atoms with Crippen LogP contribution < -0.4 is 10.6 Å². The summed E-state index contributed by atoms with van der Waals surface area (Å²) in [6, 6.07) is 6.29. The van der Waals surface area contributed by atoms with Gasteiger partial charge in [-0.05, 0) is 37.8 Å². The molecule has 7 heteroatoms. The molecule has 0 radical (unpaired) electrons. The van der Waals surface area contributed by atoms with Gasteiger partial charge >= 0.3 is 0 Å². The highest BCUT2D eigenvalue weighted by Crippen LogP contribution is 2.56. The number of fused-ring (bicyclic) bond motifs is 3. The van der Waals surface area contributed by atoms with E-state index >= 15 is 0 Å². The Morgan fingerprint density at radius 3 is 2.57 bits per heavy atom. The van der Waals surface area contributed by atoms with E-state index in [2.05, 4.69) is 17.6 Å². The van der Waals surface area contributed by atoms with Crippen LogP contribution in [0.4, 0.5) is 0 Å². The third-order valence-electron chi connectivity index (χ3n) is 5.87. The largest absolute Gasteiger partial charge is 0.354 e. The van der Waals surface area contributed by atoms with Crippen LogP contribution in [0.25, 0.3) is 0 Å². The van der Waals surface area contributed by atoms with Crippen molar-refractivity contribution in [2.75, 3.05) is 6.54 Å². The first-order valence-electron chi connectivity index (χ1n) is 10.9. The number of carbonyl (C=O) groups excluding carboxylic acids is 3. The number of benzene rings is 1. The van der Waals surface area contributed by atoms with Gasteiger partial charge in [0.15, 0.2) is 0 Å². The molecule has 1 aromatic carbocycles. The number of rotatable bonds is 8. The molecule has 2 aliphatic heterocycles. The molecule has 1 saturated heterocycles. The van der Waals surface area contributed by atoms with Gasteiger partial charge in [-0.3, -0.25) is 14.4 Å². The van der Waals surface area contributed by atoms with E-state index in [9.17, 15) is 14.4 Å². The fraction of sp³-hybridized carbons (Fsp3) is 0.609. The summed E-state index contributed by atoms with van der Waals surface area (Å²) in [5.41, 5.74) is 1.63. The van der Waals surface area contributed by atoms with Crippen molar-refractivity contribution in [2.24, 2.45) is 5.92 Å². The molecule has 30 heavy (non-hydrogen) atoms. The summed E-state index contributed by atoms with van der Waals surface area (Å²) in [5.74, 6) is -0.595. The number of nitrogens with zero attached hydrogens (tertiary/aromatic N) is 1. The topological polar surface area (TPSA) is 78.5 Å². The Labute approximate surface area is 183 Å². The molecule has 0 saturated carbocycles. The van der Waals surface area contributed by atoms with E-state index in [1.165, 1.54) is 0 Å². The maximum atomic E-state index is 13.4. The Kier molecular flexibility index (Phi) is 6.80. The average molecular weight is 432 g/mol. The van der Waals surface area contributed by atoms with Gasteiger partial charge in [0.25, 0.3) is 5.91 Å². The average Bonchev–Trinajstić information content (AvgIpc) is 3.12. The van der Waals surface area contributed by atoms with E-state index in [-0.39, 0.29) is 29.0 Å². The number of thioether (sulfide) groups is 1. The van der Waals surface area contributed by atoms with Crippen molar-refractivity contribution >= 4 is 29.5 Å². The van der Waals surface area contributed by atoms with Crippen molar-refractivity contribution in [1.29, 1.82) is 0 Å². The predicted octanol–water partition coefficient (Wildman–Crippen LogP) is 3.48. The lowest BCUT2D eigenvalue weighted by atomic mass is 9.98. The molecule has 3 amide bonds. The molecule has 2 N–H and O–H groups in total. The zero-order valence-corrected chi connectivity index (χ0v) is 19.3. The molecule has 3 atom stereocenters. The normalized spacial score (nSPS) is 22.6. The van der Waals surface area contributed by atoms with Gasteiger partial charge in [0.05, 0.1) is 0 Å². The highest BCUT2D eigenvalue weighted by Gasteiger charge is 2.57. The smallest absolute Gasteiger partial charge is 0.256 e. The van der Waals surface area contributed by atoms with Crippen molar-refractivity contribution in [3.63, 3.8) is 0 Å². The SMILES string of the molecule is CCCCCNC(=O)[C@@H](NC(=O)[C@H]1N2C(=O)c3ccccc3[C@H]2SC1(C)C)C(C)C. The Bertz CT molecular complexity index is 824. The van der Waals surface area contributed by atoms with Crippen LogP contribution in [0.2, 0.25) is 0 Å². The van der Waals surface area contributed by atoms with Gasteiger partial charge in [-0.1, -0.05) is 51.8 Å². The van der Waals surface area contributed by atoms with Crippen LogP contribution in [0.1, 0.15) is 75.2 Å². The minimum absolute atomic E-state index is 0.0560. The Hall–Kier alpha value is -2.02. The van der Waals surface area contributed by atoms with E-state index in [1.54, 1.807) is 16.7 Å². The van der Waals surface area contributed by atoms with Crippen LogP contribution in [-0.4, -0.2) is 46.0 Å².